The van der Waals surface area contributed by atoms with Crippen molar-refractivity contribution >= 4 is 15.6 Å². The first-order valence-electron chi connectivity index (χ1n) is 7.60. The fourth-order valence-corrected chi connectivity index (χ4v) is 3.30. The number of hydrogen-bond donors (Lipinski definition) is 4. The topological polar surface area (TPSA) is 148 Å². The Kier molecular flexibility index (Phi) is 13.6. The zero-order chi connectivity index (χ0) is 18.8. The summed E-state index contributed by atoms with van der Waals surface area (Å²) in [5.74, 6) is 0. The summed E-state index contributed by atoms with van der Waals surface area (Å²) in [6.07, 6.45) is 9.59. The van der Waals surface area contributed by atoms with E-state index in [9.17, 15) is 9.13 Å². The van der Waals surface area contributed by atoms with Gasteiger partial charge in [-0.1, -0.05) is 34.9 Å². The molecule has 148 valence electrons. The molecule has 0 heterocycles. The van der Waals surface area contributed by atoms with Gasteiger partial charge in [0.1, 0.15) is 0 Å². The lowest BCUT2D eigenvalue weighted by atomic mass is 10.1. The number of hydrogen-bond acceptors (Lipinski definition) is 5. The molecule has 8 nitrogen and oxygen atoms in total. The largest absolute Gasteiger partial charge is 0.481 e. The van der Waals surface area contributed by atoms with Gasteiger partial charge in [0.15, 0.2) is 0 Å². The number of allylic oxidation sites excluding steroid dienone is 5. The molecular weight excluding hydrogens is 368 g/mol. The van der Waals surface area contributed by atoms with Crippen molar-refractivity contribution in [1.82, 2.24) is 6.15 Å². The molecule has 0 saturated heterocycles. The smallest absolute Gasteiger partial charge is 0.344 e. The van der Waals surface area contributed by atoms with Gasteiger partial charge in [-0.15, -0.1) is 0 Å². The highest BCUT2D eigenvalue weighted by Crippen LogP contribution is 2.57. The molecule has 0 spiro atoms. The average Bonchev–Trinajstić information content (AvgIpc) is 2.34. The third-order valence-electron chi connectivity index (χ3n) is 3.00. The molecule has 10 heteroatoms. The van der Waals surface area contributed by atoms with Gasteiger partial charge < -0.3 is 20.8 Å². The van der Waals surface area contributed by atoms with E-state index in [1.54, 1.807) is 6.08 Å². The third-order valence-corrected chi connectivity index (χ3v) is 5.15. The molecule has 0 aromatic rings. The Morgan fingerprint density at radius 3 is 1.84 bits per heavy atom. The summed E-state index contributed by atoms with van der Waals surface area (Å²) in [7, 11) is -9.82. The average molecular weight is 399 g/mol. The van der Waals surface area contributed by atoms with E-state index in [0.717, 1.165) is 31.3 Å². The van der Waals surface area contributed by atoms with Crippen LogP contribution in [0.5, 0.6) is 0 Å². The minimum atomic E-state index is -5.07. The van der Waals surface area contributed by atoms with Crippen molar-refractivity contribution in [2.75, 3.05) is 6.61 Å². The van der Waals surface area contributed by atoms with E-state index in [-0.39, 0.29) is 12.8 Å². The molecule has 0 aliphatic heterocycles. The van der Waals surface area contributed by atoms with Gasteiger partial charge in [-0.25, -0.2) is 9.13 Å². The summed E-state index contributed by atoms with van der Waals surface area (Å²) < 4.78 is 29.9. The Bertz CT molecular complexity index is 574. The normalized spacial score (nSPS) is 15.3. The molecular formula is C15H31NO7P2. The maximum Gasteiger partial charge on any atom is 0.481 e. The lowest BCUT2D eigenvalue weighted by Gasteiger charge is -2.11. The Morgan fingerprint density at radius 1 is 0.880 bits per heavy atom. The van der Waals surface area contributed by atoms with Gasteiger partial charge in [-0.2, -0.15) is 4.31 Å². The molecule has 0 amide bonds. The van der Waals surface area contributed by atoms with Crippen molar-refractivity contribution in [3.63, 3.8) is 0 Å². The van der Waals surface area contributed by atoms with Crippen LogP contribution in [0.25, 0.3) is 0 Å². The first-order chi connectivity index (χ1) is 10.9. The summed E-state index contributed by atoms with van der Waals surface area (Å²) in [6, 6.07) is 0. The molecule has 0 aliphatic rings. The van der Waals surface area contributed by atoms with E-state index in [1.165, 1.54) is 11.1 Å². The maximum absolute atomic E-state index is 11.2. The van der Waals surface area contributed by atoms with E-state index in [0.29, 0.717) is 0 Å². The Labute approximate surface area is 150 Å². The molecule has 0 aromatic heterocycles. The second-order valence-corrected chi connectivity index (χ2v) is 8.63. The standard InChI is InChI=1S/C15H28O7P2.H3N/c1-13(2)7-5-8-14(3)9-6-10-15(4)11-12-21-24(19,20)22-23(16,17)18;/h7,9,11H,5-6,8,10,12H2,1-4H3,(H,19,20)(H2,16,17,18);1H3/b14-9+,15-11+;. The van der Waals surface area contributed by atoms with E-state index in [4.69, 9.17) is 14.7 Å². The molecule has 0 fully saturated rings. The minimum Gasteiger partial charge on any atom is -0.344 e. The van der Waals surface area contributed by atoms with Gasteiger partial charge in [0.2, 0.25) is 0 Å². The van der Waals surface area contributed by atoms with E-state index in [1.807, 2.05) is 6.92 Å². The van der Waals surface area contributed by atoms with Crippen LogP contribution in [0.2, 0.25) is 0 Å². The molecule has 0 saturated carbocycles. The van der Waals surface area contributed by atoms with Crippen LogP contribution in [-0.2, 0) is 18.0 Å². The lowest BCUT2D eigenvalue weighted by Crippen LogP contribution is -1.94. The predicted octanol–water partition coefficient (Wildman–Crippen LogP) is 4.79. The highest BCUT2D eigenvalue weighted by molar-refractivity contribution is 7.60. The molecule has 0 aromatic carbocycles. The van der Waals surface area contributed by atoms with E-state index >= 15 is 0 Å². The highest BCUT2D eigenvalue weighted by atomic mass is 31.3. The zero-order valence-corrected chi connectivity index (χ0v) is 17.1. The Balaban J connectivity index is 0. The van der Waals surface area contributed by atoms with Crippen LogP contribution in [0.3, 0.4) is 0 Å². The fourth-order valence-electron chi connectivity index (χ4n) is 1.77. The quantitative estimate of drug-likeness (QED) is 0.286. The second kappa shape index (κ2) is 12.7. The van der Waals surface area contributed by atoms with Crippen LogP contribution in [0.1, 0.15) is 53.4 Å². The maximum atomic E-state index is 11.2. The molecule has 1 atom stereocenters. The third kappa shape index (κ3) is 18.0. The molecule has 1 unspecified atom stereocenters. The van der Waals surface area contributed by atoms with Crippen LogP contribution in [-0.4, -0.2) is 21.3 Å². The number of rotatable bonds is 11. The summed E-state index contributed by atoms with van der Waals surface area (Å²) in [5.41, 5.74) is 3.57. The molecule has 0 rings (SSSR count). The second-order valence-electron chi connectivity index (χ2n) is 5.80. The summed E-state index contributed by atoms with van der Waals surface area (Å²) in [6.45, 7) is 7.82. The number of phosphoric ester groups is 1. The van der Waals surface area contributed by atoms with Gasteiger partial charge in [-0.3, -0.25) is 4.52 Å². The van der Waals surface area contributed by atoms with Gasteiger partial charge >= 0.3 is 15.6 Å². The van der Waals surface area contributed by atoms with Gasteiger partial charge in [0, 0.05) is 0 Å². The lowest BCUT2D eigenvalue weighted by molar-refractivity contribution is 0.191. The minimum absolute atomic E-state index is 0. The van der Waals surface area contributed by atoms with Crippen molar-refractivity contribution in [1.29, 1.82) is 0 Å². The first-order valence-corrected chi connectivity index (χ1v) is 10.6. The molecule has 0 bridgehead atoms. The first kappa shape index (κ1) is 26.7. The molecule has 6 N–H and O–H groups in total. The van der Waals surface area contributed by atoms with Crippen LogP contribution < -0.4 is 6.15 Å². The van der Waals surface area contributed by atoms with Gasteiger partial charge in [0.25, 0.3) is 0 Å². The molecule has 0 radical (unpaired) electrons. The van der Waals surface area contributed by atoms with E-state index < -0.39 is 15.6 Å². The van der Waals surface area contributed by atoms with Crippen LogP contribution in [0.4, 0.5) is 0 Å². The van der Waals surface area contributed by atoms with Crippen LogP contribution in [0.15, 0.2) is 34.9 Å². The van der Waals surface area contributed by atoms with Crippen molar-refractivity contribution in [3.8, 4) is 0 Å². The highest BCUT2D eigenvalue weighted by Gasteiger charge is 2.31. The van der Waals surface area contributed by atoms with Crippen molar-refractivity contribution in [2.45, 2.75) is 53.4 Å². The van der Waals surface area contributed by atoms with Crippen LogP contribution in [0, 0.1) is 0 Å². The number of phosphoric acid groups is 2. The fraction of sp³-hybridized carbons (Fsp3) is 0.600. The summed E-state index contributed by atoms with van der Waals surface area (Å²) in [5, 5.41) is 0. The zero-order valence-electron chi connectivity index (χ0n) is 15.3. The SMILES string of the molecule is CC(C)=CCC/C(C)=C/CC/C(C)=C/COP(=O)(O)OP(=O)(O)O.N. The van der Waals surface area contributed by atoms with Crippen molar-refractivity contribution in [3.05, 3.63) is 34.9 Å². The van der Waals surface area contributed by atoms with Crippen LogP contribution >= 0.6 is 15.6 Å². The van der Waals surface area contributed by atoms with Gasteiger partial charge in [0.05, 0.1) is 6.61 Å². The van der Waals surface area contributed by atoms with Gasteiger partial charge in [-0.05, 0) is 53.4 Å². The Hall–Kier alpha value is -0.560. The molecule has 0 aliphatic carbocycles. The summed E-state index contributed by atoms with van der Waals surface area (Å²) >= 11 is 0. The molecule has 25 heavy (non-hydrogen) atoms. The van der Waals surface area contributed by atoms with E-state index in [2.05, 4.69) is 41.8 Å². The Morgan fingerprint density at radius 2 is 1.36 bits per heavy atom. The predicted molar refractivity (Wildman–Crippen MR) is 99.3 cm³/mol. The summed E-state index contributed by atoms with van der Waals surface area (Å²) in [4.78, 5) is 26.1. The van der Waals surface area contributed by atoms with Crippen molar-refractivity contribution < 1.29 is 32.6 Å². The van der Waals surface area contributed by atoms with Crippen molar-refractivity contribution in [2.24, 2.45) is 0 Å². The monoisotopic (exact) mass is 399 g/mol.